The lowest BCUT2D eigenvalue weighted by Gasteiger charge is -2.08. The van der Waals surface area contributed by atoms with E-state index in [0.29, 0.717) is 53.1 Å². The van der Waals surface area contributed by atoms with Gasteiger partial charge in [-0.1, -0.05) is 188 Å². The number of benzene rings is 9. The van der Waals surface area contributed by atoms with Crippen LogP contribution < -0.4 is 21.7 Å². The SMILES string of the molecule is Cc1ccc(Cn2nc(N)c3ccccc32)cc1.Cc1ccoc1C(=O)Nc1nn(Cc2ccc(C(F)(F)F)cc2)c2ccccc12.O=C(Nc1ccccc1)c1nn(Cc2ccccc2)c2ccccc12.O=C(Nc1ccccn1)c1nn(Cc2ccccc2)c2ccccc12. The highest BCUT2D eigenvalue weighted by molar-refractivity contribution is 6.12. The first-order valence-electron chi connectivity index (χ1n) is 31.0. The molecule has 0 bridgehead atoms. The monoisotopic (exact) mass is 1290 g/mol. The fraction of sp³-hybridized carbons (Fsp3) is 0.0909. The zero-order valence-corrected chi connectivity index (χ0v) is 52.7. The third-order valence-corrected chi connectivity index (χ3v) is 15.7. The summed E-state index contributed by atoms with van der Waals surface area (Å²) in [7, 11) is 0. The molecule has 20 heteroatoms. The number of amides is 3. The molecular formula is C77H64F3N13O4. The van der Waals surface area contributed by atoms with E-state index in [-0.39, 0.29) is 24.1 Å². The van der Waals surface area contributed by atoms with Gasteiger partial charge in [-0.25, -0.2) is 4.98 Å². The van der Waals surface area contributed by atoms with Crippen LogP contribution in [0.1, 0.15) is 70.5 Å². The molecule has 0 saturated carbocycles. The summed E-state index contributed by atoms with van der Waals surface area (Å²) in [5, 5.41) is 29.9. The van der Waals surface area contributed by atoms with Gasteiger partial charge < -0.3 is 26.1 Å². The van der Waals surface area contributed by atoms with Crippen LogP contribution in [0.4, 0.5) is 36.3 Å². The maximum Gasteiger partial charge on any atom is 0.416 e. The molecule has 0 unspecified atom stereocenters. The van der Waals surface area contributed by atoms with Crippen LogP contribution in [-0.2, 0) is 32.4 Å². The molecule has 17 nitrogen and oxygen atoms in total. The lowest BCUT2D eigenvalue weighted by atomic mass is 10.1. The second kappa shape index (κ2) is 29.5. The van der Waals surface area contributed by atoms with Crippen molar-refractivity contribution in [1.82, 2.24) is 44.1 Å². The number of nitrogen functional groups attached to an aromatic ring is 1. The Morgan fingerprint density at radius 3 is 1.35 bits per heavy atom. The molecule has 9 aromatic carbocycles. The van der Waals surface area contributed by atoms with E-state index >= 15 is 0 Å². The highest BCUT2D eigenvalue weighted by Crippen LogP contribution is 2.31. The van der Waals surface area contributed by atoms with Gasteiger partial charge in [-0.2, -0.15) is 33.6 Å². The number of fused-ring (bicyclic) bond motifs is 4. The van der Waals surface area contributed by atoms with Crippen LogP contribution in [-0.4, -0.2) is 61.8 Å². The predicted molar refractivity (Wildman–Crippen MR) is 373 cm³/mol. The van der Waals surface area contributed by atoms with E-state index < -0.39 is 17.6 Å². The third-order valence-electron chi connectivity index (χ3n) is 15.7. The minimum absolute atomic E-state index is 0.200. The summed E-state index contributed by atoms with van der Waals surface area (Å²) in [6.45, 7) is 6.09. The zero-order valence-electron chi connectivity index (χ0n) is 52.7. The van der Waals surface area contributed by atoms with Gasteiger partial charge in [0, 0.05) is 39.0 Å². The second-order valence-corrected chi connectivity index (χ2v) is 22.7. The number of para-hydroxylation sites is 5. The van der Waals surface area contributed by atoms with Crippen LogP contribution in [0.3, 0.4) is 0 Å². The standard InChI is InChI=1S/C21H16F3N3O2.C21H17N3O.C20H16N4O.C15H15N3/c1-13-10-11-29-18(13)20(28)25-19-16-4-2-3-5-17(16)27(26-19)12-14-6-8-15(9-7-14)21(22,23)24;25-21(22-17-11-5-2-6-12-17)20-18-13-7-8-14-19(18)24(23-20)15-16-9-3-1-4-10-16;25-20(22-18-12-6-7-13-21-18)19-16-10-4-5-11-17(16)24(23-19)14-15-8-2-1-3-9-15;1-11-6-8-12(9-7-11)10-18-14-5-3-2-4-13(14)15(16)17-18/h2-11H,12H2,1H3,(H,25,26,28);1-14H,15H2,(H,22,25);1-13H,14H2,(H,21,22,25);2-9H,10H2,1H3,(H2,16,17). The summed E-state index contributed by atoms with van der Waals surface area (Å²) in [6, 6.07) is 81.0. The van der Waals surface area contributed by atoms with Crippen molar-refractivity contribution in [3.05, 3.63) is 329 Å². The maximum atomic E-state index is 12.8. The molecule has 0 fully saturated rings. The van der Waals surface area contributed by atoms with Crippen molar-refractivity contribution in [3.63, 3.8) is 0 Å². The Kier molecular flexibility index (Phi) is 19.6. The van der Waals surface area contributed by atoms with Crippen molar-refractivity contribution in [2.24, 2.45) is 0 Å². The molecule has 15 rings (SSSR count). The number of aryl methyl sites for hydroxylation is 2. The molecule has 0 spiro atoms. The number of alkyl halides is 3. The van der Waals surface area contributed by atoms with Crippen molar-refractivity contribution < 1.29 is 32.0 Å². The Hall–Kier alpha value is -12.7. The fourth-order valence-electron chi connectivity index (χ4n) is 10.9. The number of carbonyl (C=O) groups is 3. The van der Waals surface area contributed by atoms with E-state index in [1.54, 1.807) is 36.0 Å². The van der Waals surface area contributed by atoms with Gasteiger partial charge in [0.25, 0.3) is 17.7 Å². The molecule has 97 heavy (non-hydrogen) atoms. The Morgan fingerprint density at radius 1 is 0.423 bits per heavy atom. The van der Waals surface area contributed by atoms with Crippen LogP contribution in [0.5, 0.6) is 0 Å². The molecule has 15 aromatic rings. The van der Waals surface area contributed by atoms with Crippen LogP contribution in [0.2, 0.25) is 0 Å². The van der Waals surface area contributed by atoms with Crippen molar-refractivity contribution in [1.29, 1.82) is 0 Å². The number of nitrogens with zero attached hydrogens (tertiary/aromatic N) is 9. The summed E-state index contributed by atoms with van der Waals surface area (Å²) in [5.41, 5.74) is 16.7. The topological polar surface area (TPSA) is 211 Å². The number of halogens is 3. The highest BCUT2D eigenvalue weighted by atomic mass is 19.4. The minimum atomic E-state index is -4.38. The van der Waals surface area contributed by atoms with E-state index in [2.05, 4.69) is 84.7 Å². The van der Waals surface area contributed by atoms with Gasteiger partial charge in [-0.3, -0.25) is 33.1 Å². The largest absolute Gasteiger partial charge is 0.459 e. The van der Waals surface area contributed by atoms with Crippen LogP contribution in [0.15, 0.2) is 278 Å². The fourth-order valence-corrected chi connectivity index (χ4v) is 10.9. The molecule has 3 amide bonds. The lowest BCUT2D eigenvalue weighted by molar-refractivity contribution is -0.137. The number of hydrogen-bond donors (Lipinski definition) is 4. The quantitative estimate of drug-likeness (QED) is 0.0809. The Morgan fingerprint density at radius 2 is 0.845 bits per heavy atom. The molecule has 0 aliphatic rings. The Balaban J connectivity index is 0.000000125. The molecule has 0 aliphatic carbocycles. The normalized spacial score (nSPS) is 11.1. The number of aromatic nitrogens is 9. The van der Waals surface area contributed by atoms with Crippen molar-refractivity contribution in [2.75, 3.05) is 21.7 Å². The van der Waals surface area contributed by atoms with Crippen molar-refractivity contribution in [3.8, 4) is 0 Å². The molecule has 6 aromatic heterocycles. The highest BCUT2D eigenvalue weighted by Gasteiger charge is 2.30. The number of pyridine rings is 1. The average molecular weight is 1290 g/mol. The first-order valence-corrected chi connectivity index (χ1v) is 31.0. The first-order chi connectivity index (χ1) is 47.2. The predicted octanol–water partition coefficient (Wildman–Crippen LogP) is 16.3. The number of carbonyl (C=O) groups excluding carboxylic acids is 3. The summed E-state index contributed by atoms with van der Waals surface area (Å²) in [5.74, 6) is 0.778. The average Bonchev–Trinajstić information content (AvgIpc) is 1.67. The molecule has 5 N–H and O–H groups in total. The summed E-state index contributed by atoms with van der Waals surface area (Å²) < 4.78 is 50.8. The van der Waals surface area contributed by atoms with E-state index in [4.69, 9.17) is 10.2 Å². The van der Waals surface area contributed by atoms with Crippen LogP contribution >= 0.6 is 0 Å². The first kappa shape index (κ1) is 64.4. The number of nitrogens with one attached hydrogen (secondary N) is 3. The smallest absolute Gasteiger partial charge is 0.416 e. The van der Waals surface area contributed by atoms with Gasteiger partial charge in [0.1, 0.15) is 5.82 Å². The number of nitrogens with two attached hydrogens (primary N) is 1. The lowest BCUT2D eigenvalue weighted by Crippen LogP contribution is -2.14. The van der Waals surface area contributed by atoms with Gasteiger partial charge in [0.15, 0.2) is 28.8 Å². The van der Waals surface area contributed by atoms with E-state index in [1.165, 1.54) is 29.5 Å². The number of furan rings is 1. The Labute approximate surface area is 555 Å². The number of rotatable bonds is 14. The third kappa shape index (κ3) is 15.7. The minimum Gasteiger partial charge on any atom is -0.459 e. The zero-order chi connectivity index (χ0) is 67.3. The van der Waals surface area contributed by atoms with E-state index in [9.17, 15) is 27.6 Å². The van der Waals surface area contributed by atoms with Crippen molar-refractivity contribution >= 4 is 84.5 Å². The maximum absolute atomic E-state index is 12.8. The number of hydrogen-bond acceptors (Lipinski definition) is 10. The molecule has 0 aliphatic heterocycles. The van der Waals surface area contributed by atoms with Gasteiger partial charge in [0.2, 0.25) is 0 Å². The van der Waals surface area contributed by atoms with Gasteiger partial charge in [-0.05, 0) is 115 Å². The Bertz CT molecular complexity index is 5000. The number of anilines is 4. The molecule has 0 atom stereocenters. The molecule has 6 heterocycles. The van der Waals surface area contributed by atoms with Crippen LogP contribution in [0, 0.1) is 13.8 Å². The van der Waals surface area contributed by atoms with E-state index in [1.807, 2.05) is 196 Å². The molecule has 0 radical (unpaired) electrons. The van der Waals surface area contributed by atoms with Gasteiger partial charge in [-0.15, -0.1) is 0 Å². The van der Waals surface area contributed by atoms with E-state index in [0.717, 1.165) is 79.1 Å². The molecular weight excluding hydrogens is 1230 g/mol. The molecule has 482 valence electrons. The summed E-state index contributed by atoms with van der Waals surface area (Å²) in [6.07, 6.45) is -1.30. The summed E-state index contributed by atoms with van der Waals surface area (Å²) in [4.78, 5) is 42.0. The summed E-state index contributed by atoms with van der Waals surface area (Å²) >= 11 is 0. The van der Waals surface area contributed by atoms with Crippen molar-refractivity contribution in [2.45, 2.75) is 46.2 Å². The second-order valence-electron chi connectivity index (χ2n) is 22.7. The van der Waals surface area contributed by atoms with Gasteiger partial charge in [0.05, 0.1) is 60.1 Å². The van der Waals surface area contributed by atoms with Crippen LogP contribution in [0.25, 0.3) is 43.6 Å². The van der Waals surface area contributed by atoms with Gasteiger partial charge >= 0.3 is 6.18 Å². The molecule has 0 saturated heterocycles.